The third-order valence-electron chi connectivity index (χ3n) is 5.68. The van der Waals surface area contributed by atoms with Gasteiger partial charge in [0.1, 0.15) is 17.4 Å². The van der Waals surface area contributed by atoms with Crippen LogP contribution in [0.25, 0.3) is 22.8 Å². The van der Waals surface area contributed by atoms with Crippen LogP contribution in [-0.4, -0.2) is 34.2 Å². The van der Waals surface area contributed by atoms with E-state index >= 15 is 0 Å². The van der Waals surface area contributed by atoms with Crippen molar-refractivity contribution in [3.63, 3.8) is 0 Å². The third kappa shape index (κ3) is 5.80. The molecule has 1 heterocycles. The van der Waals surface area contributed by atoms with Crippen molar-refractivity contribution < 1.29 is 18.8 Å². The summed E-state index contributed by atoms with van der Waals surface area (Å²) in [4.78, 5) is 20.8. The van der Waals surface area contributed by atoms with Gasteiger partial charge in [-0.05, 0) is 83.2 Å². The Morgan fingerprint density at radius 3 is 2.81 bits per heavy atom. The van der Waals surface area contributed by atoms with E-state index in [9.17, 15) is 10.1 Å². The maximum Gasteiger partial charge on any atom is 0.433 e. The maximum atomic E-state index is 12.1. The molecule has 1 atom stereocenters. The summed E-state index contributed by atoms with van der Waals surface area (Å²) in [6, 6.07) is 13.4. The van der Waals surface area contributed by atoms with Crippen LogP contribution in [0.3, 0.4) is 0 Å². The molecule has 3 aromatic rings. The van der Waals surface area contributed by atoms with E-state index in [4.69, 9.17) is 14.0 Å². The maximum absolute atomic E-state index is 12.1. The monoisotopic (exact) mass is 486 g/mol. The zero-order chi connectivity index (χ0) is 25.9. The summed E-state index contributed by atoms with van der Waals surface area (Å²) in [6.45, 7) is 9.27. The van der Waals surface area contributed by atoms with Crippen molar-refractivity contribution in [2.24, 2.45) is 4.99 Å². The summed E-state index contributed by atoms with van der Waals surface area (Å²) < 4.78 is 16.6. The second kappa shape index (κ2) is 10.3. The van der Waals surface area contributed by atoms with Gasteiger partial charge in [0.05, 0.1) is 11.7 Å². The Labute approximate surface area is 211 Å². The number of hydrogen-bond acceptors (Lipinski definition) is 7. The van der Waals surface area contributed by atoms with E-state index in [0.29, 0.717) is 28.6 Å². The summed E-state index contributed by atoms with van der Waals surface area (Å²) in [5.74, 6) is 1.33. The van der Waals surface area contributed by atoms with Crippen LogP contribution in [0.15, 0.2) is 45.9 Å². The number of amides is 1. The topological polar surface area (TPSA) is 111 Å². The van der Waals surface area contributed by atoms with E-state index in [1.807, 2.05) is 46.8 Å². The number of nitrogens with zero attached hydrogens (tertiary/aromatic N) is 4. The number of rotatable bonds is 5. The van der Waals surface area contributed by atoms with Gasteiger partial charge in [0, 0.05) is 23.3 Å². The van der Waals surface area contributed by atoms with Gasteiger partial charge in [-0.2, -0.15) is 15.2 Å². The summed E-state index contributed by atoms with van der Waals surface area (Å²) >= 11 is 0. The van der Waals surface area contributed by atoms with Crippen molar-refractivity contribution >= 4 is 12.3 Å². The smallest absolute Gasteiger partial charge is 0.433 e. The number of carbonyl (C=O) groups excluding carboxylic acids is 1. The molecule has 1 aliphatic rings. The Bertz CT molecular complexity index is 1330. The predicted octanol–water partition coefficient (Wildman–Crippen LogP) is 6.49. The lowest BCUT2D eigenvalue weighted by molar-refractivity contribution is 0.0604. The van der Waals surface area contributed by atoms with E-state index in [1.165, 1.54) is 0 Å². The lowest BCUT2D eigenvalue weighted by Gasteiger charge is -2.24. The van der Waals surface area contributed by atoms with Crippen molar-refractivity contribution in [1.82, 2.24) is 10.1 Å². The highest BCUT2D eigenvalue weighted by molar-refractivity contribution is 5.83. The summed E-state index contributed by atoms with van der Waals surface area (Å²) in [5, 5.41) is 13.8. The number of nitriles is 1. The van der Waals surface area contributed by atoms with Crippen LogP contribution >= 0.6 is 0 Å². The van der Waals surface area contributed by atoms with Crippen LogP contribution in [0.1, 0.15) is 70.1 Å². The Morgan fingerprint density at radius 2 is 2.08 bits per heavy atom. The van der Waals surface area contributed by atoms with Gasteiger partial charge in [-0.1, -0.05) is 23.4 Å². The highest BCUT2D eigenvalue weighted by Gasteiger charge is 2.24. The second-order valence-corrected chi connectivity index (χ2v) is 10.0. The minimum absolute atomic E-state index is 0.000668. The molecule has 8 nitrogen and oxygen atoms in total. The zero-order valence-electron chi connectivity index (χ0n) is 21.2. The molecule has 8 heteroatoms. The van der Waals surface area contributed by atoms with Gasteiger partial charge in [0.2, 0.25) is 5.82 Å². The first-order valence-corrected chi connectivity index (χ1v) is 12.1. The SMILES string of the molecule is CC(C)Oc1ccc(-c2nc(-c3cccc4c3CCCC4/C=N/C(=O)OC(C)(C)C)no2)cc1C#N. The fourth-order valence-electron chi connectivity index (χ4n) is 4.25. The summed E-state index contributed by atoms with van der Waals surface area (Å²) in [7, 11) is 0. The van der Waals surface area contributed by atoms with E-state index in [2.05, 4.69) is 27.3 Å². The molecule has 1 amide bonds. The number of ether oxygens (including phenoxy) is 2. The molecule has 0 saturated heterocycles. The molecule has 0 saturated carbocycles. The molecule has 0 N–H and O–H groups in total. The lowest BCUT2D eigenvalue weighted by Crippen LogP contribution is -2.22. The van der Waals surface area contributed by atoms with Gasteiger partial charge in [-0.25, -0.2) is 4.79 Å². The standard InChI is InChI=1S/C28H30N4O4/c1-17(2)34-24-13-12-18(14-20(24)15-29)26-31-25(32-36-26)23-11-7-9-21-19(8-6-10-22(21)23)16-30-27(33)35-28(3,4)5/h7,9,11-14,16-17,19H,6,8,10H2,1-5H3/b30-16+. The van der Waals surface area contributed by atoms with Gasteiger partial charge in [0.15, 0.2) is 0 Å². The Kier molecular flexibility index (Phi) is 7.20. The third-order valence-corrected chi connectivity index (χ3v) is 5.68. The number of aromatic nitrogens is 2. The fourth-order valence-corrected chi connectivity index (χ4v) is 4.25. The van der Waals surface area contributed by atoms with Crippen molar-refractivity contribution in [3.05, 3.63) is 53.1 Å². The molecule has 0 fully saturated rings. The van der Waals surface area contributed by atoms with Gasteiger partial charge in [0.25, 0.3) is 5.89 Å². The number of aliphatic imine (C=N–C) groups is 1. The fraction of sp³-hybridized carbons (Fsp3) is 0.393. The zero-order valence-corrected chi connectivity index (χ0v) is 21.2. The van der Waals surface area contributed by atoms with Crippen molar-refractivity contribution in [1.29, 1.82) is 5.26 Å². The van der Waals surface area contributed by atoms with Crippen LogP contribution in [0.2, 0.25) is 0 Å². The van der Waals surface area contributed by atoms with Crippen LogP contribution in [0.4, 0.5) is 4.79 Å². The minimum atomic E-state index is -0.588. The van der Waals surface area contributed by atoms with Crippen LogP contribution in [0.5, 0.6) is 5.75 Å². The number of benzene rings is 2. The average molecular weight is 487 g/mol. The van der Waals surface area contributed by atoms with Crippen molar-refractivity contribution in [2.45, 2.75) is 71.5 Å². The number of fused-ring (bicyclic) bond motifs is 1. The predicted molar refractivity (Wildman–Crippen MR) is 136 cm³/mol. The Hall–Kier alpha value is -3.99. The number of hydrogen-bond donors (Lipinski definition) is 0. The molecule has 0 aliphatic heterocycles. The van der Waals surface area contributed by atoms with E-state index in [0.717, 1.165) is 36.0 Å². The Morgan fingerprint density at radius 1 is 1.28 bits per heavy atom. The number of carbonyl (C=O) groups is 1. The summed E-state index contributed by atoms with van der Waals surface area (Å²) in [6.07, 6.45) is 3.76. The molecule has 0 bridgehead atoms. The molecule has 1 unspecified atom stereocenters. The molecule has 4 rings (SSSR count). The second-order valence-electron chi connectivity index (χ2n) is 10.0. The van der Waals surface area contributed by atoms with Crippen LogP contribution in [-0.2, 0) is 11.2 Å². The molecule has 0 spiro atoms. The van der Waals surface area contributed by atoms with Gasteiger partial charge >= 0.3 is 6.09 Å². The highest BCUT2D eigenvalue weighted by atomic mass is 16.6. The molecule has 36 heavy (non-hydrogen) atoms. The quantitative estimate of drug-likeness (QED) is 0.379. The highest BCUT2D eigenvalue weighted by Crippen LogP contribution is 2.37. The lowest BCUT2D eigenvalue weighted by atomic mass is 9.81. The molecule has 2 aromatic carbocycles. The first-order valence-electron chi connectivity index (χ1n) is 12.1. The van der Waals surface area contributed by atoms with E-state index in [-0.39, 0.29) is 12.0 Å². The van der Waals surface area contributed by atoms with Crippen molar-refractivity contribution in [2.75, 3.05) is 0 Å². The molecule has 1 aliphatic carbocycles. The normalized spacial score (nSPS) is 15.5. The van der Waals surface area contributed by atoms with E-state index in [1.54, 1.807) is 24.4 Å². The molecular weight excluding hydrogens is 456 g/mol. The van der Waals surface area contributed by atoms with Gasteiger partial charge < -0.3 is 14.0 Å². The van der Waals surface area contributed by atoms with E-state index < -0.39 is 11.7 Å². The van der Waals surface area contributed by atoms with Gasteiger partial charge in [-0.3, -0.25) is 0 Å². The van der Waals surface area contributed by atoms with Crippen LogP contribution in [0, 0.1) is 11.3 Å². The van der Waals surface area contributed by atoms with Crippen molar-refractivity contribution in [3.8, 4) is 34.7 Å². The Balaban J connectivity index is 1.61. The first kappa shape index (κ1) is 25.1. The molecule has 1 aromatic heterocycles. The van der Waals surface area contributed by atoms with Gasteiger partial charge in [-0.15, -0.1) is 0 Å². The average Bonchev–Trinajstić information content (AvgIpc) is 3.31. The molecule has 186 valence electrons. The first-order chi connectivity index (χ1) is 17.1. The molecular formula is C28H30N4O4. The minimum Gasteiger partial charge on any atom is -0.490 e. The molecule has 0 radical (unpaired) electrons. The van der Waals surface area contributed by atoms with Crippen LogP contribution < -0.4 is 4.74 Å². The largest absolute Gasteiger partial charge is 0.490 e. The summed E-state index contributed by atoms with van der Waals surface area (Å²) in [5.41, 5.74) is 3.57.